The lowest BCUT2D eigenvalue weighted by molar-refractivity contribution is -0.137. The molecule has 2 heterocycles. The number of hydrogen-bond donors (Lipinski definition) is 1. The first-order chi connectivity index (χ1) is 13.9. The van der Waals surface area contributed by atoms with Gasteiger partial charge >= 0.3 is 6.18 Å². The molecule has 2 aromatic heterocycles. The number of halogens is 3. The first-order valence-electron chi connectivity index (χ1n) is 8.47. The third-order valence-electron chi connectivity index (χ3n) is 4.32. The molecule has 0 radical (unpaired) electrons. The average molecular weight is 411 g/mol. The number of aromatic nitrogens is 1. The van der Waals surface area contributed by atoms with Crippen LogP contribution in [-0.2, 0) is 6.18 Å². The minimum absolute atomic E-state index is 0.202. The van der Waals surface area contributed by atoms with Gasteiger partial charge in [0.25, 0.3) is 5.56 Å². The Morgan fingerprint density at radius 1 is 1.00 bits per heavy atom. The molecule has 0 unspecified atom stereocenters. The Bertz CT molecular complexity index is 1300. The van der Waals surface area contributed by atoms with Gasteiger partial charge in [-0.3, -0.25) is 9.36 Å². The Kier molecular flexibility index (Phi) is 4.60. The lowest BCUT2D eigenvalue weighted by Gasteiger charge is -2.11. The molecule has 0 spiro atoms. The van der Waals surface area contributed by atoms with Crippen LogP contribution in [0, 0.1) is 11.3 Å². The summed E-state index contributed by atoms with van der Waals surface area (Å²) < 4.78 is 40.5. The van der Waals surface area contributed by atoms with E-state index in [0.29, 0.717) is 21.6 Å². The summed E-state index contributed by atoms with van der Waals surface area (Å²) in [6.45, 7) is 0. The highest BCUT2D eigenvalue weighted by Gasteiger charge is 2.30. The van der Waals surface area contributed by atoms with Gasteiger partial charge < -0.3 is 5.32 Å². The van der Waals surface area contributed by atoms with Crippen molar-refractivity contribution in [3.63, 3.8) is 0 Å². The topological polar surface area (TPSA) is 57.8 Å². The van der Waals surface area contributed by atoms with E-state index in [0.717, 1.165) is 23.5 Å². The summed E-state index contributed by atoms with van der Waals surface area (Å²) in [5.41, 5.74) is 0.159. The van der Waals surface area contributed by atoms with Gasteiger partial charge in [0.1, 0.15) is 15.8 Å². The number of fused-ring (bicyclic) bond motifs is 1. The molecule has 0 saturated heterocycles. The van der Waals surface area contributed by atoms with Gasteiger partial charge in [0.15, 0.2) is 0 Å². The molecule has 0 aliphatic rings. The fourth-order valence-electron chi connectivity index (χ4n) is 3.02. The van der Waals surface area contributed by atoms with Gasteiger partial charge in [0.05, 0.1) is 16.9 Å². The molecule has 144 valence electrons. The van der Waals surface area contributed by atoms with Crippen molar-refractivity contribution in [1.82, 2.24) is 4.57 Å². The number of alkyl halides is 3. The molecule has 0 atom stereocenters. The van der Waals surface area contributed by atoms with Crippen LogP contribution in [0.1, 0.15) is 10.4 Å². The summed E-state index contributed by atoms with van der Waals surface area (Å²) in [4.78, 5) is 13.3. The summed E-state index contributed by atoms with van der Waals surface area (Å²) in [6, 6.07) is 18.7. The Hall–Kier alpha value is -3.57. The molecule has 0 aliphatic heterocycles. The second-order valence-corrected chi connectivity index (χ2v) is 7.18. The zero-order valence-electron chi connectivity index (χ0n) is 14.7. The van der Waals surface area contributed by atoms with Crippen molar-refractivity contribution in [3.8, 4) is 11.8 Å². The summed E-state index contributed by atoms with van der Waals surface area (Å²) >= 11 is 1.11. The maximum absolute atomic E-state index is 13.0. The van der Waals surface area contributed by atoms with Crippen LogP contribution < -0.4 is 10.9 Å². The molecule has 29 heavy (non-hydrogen) atoms. The van der Waals surface area contributed by atoms with Gasteiger partial charge in [0.2, 0.25) is 0 Å². The molecule has 4 nitrogen and oxygen atoms in total. The van der Waals surface area contributed by atoms with Gasteiger partial charge in [-0.1, -0.05) is 24.3 Å². The van der Waals surface area contributed by atoms with Gasteiger partial charge in [-0.2, -0.15) is 18.4 Å². The Morgan fingerprint density at radius 3 is 2.45 bits per heavy atom. The van der Waals surface area contributed by atoms with Crippen LogP contribution in [0.2, 0.25) is 0 Å². The zero-order chi connectivity index (χ0) is 20.6. The van der Waals surface area contributed by atoms with E-state index in [1.165, 1.54) is 22.8 Å². The molecular weight excluding hydrogens is 399 g/mol. The van der Waals surface area contributed by atoms with E-state index in [1.54, 1.807) is 30.3 Å². The average Bonchev–Trinajstić information content (AvgIpc) is 3.05. The summed E-state index contributed by atoms with van der Waals surface area (Å²) in [5, 5.41) is 13.1. The van der Waals surface area contributed by atoms with Crippen molar-refractivity contribution in [3.05, 3.63) is 87.5 Å². The normalized spacial score (nSPS) is 11.4. The van der Waals surface area contributed by atoms with Gasteiger partial charge in [-0.25, -0.2) is 0 Å². The van der Waals surface area contributed by atoms with Crippen LogP contribution in [0.3, 0.4) is 0 Å². The Morgan fingerprint density at radius 2 is 1.76 bits per heavy atom. The highest BCUT2D eigenvalue weighted by molar-refractivity contribution is 7.20. The first kappa shape index (κ1) is 18.8. The van der Waals surface area contributed by atoms with Crippen molar-refractivity contribution < 1.29 is 13.2 Å². The number of hydrogen-bond acceptors (Lipinski definition) is 4. The van der Waals surface area contributed by atoms with Crippen LogP contribution in [0.5, 0.6) is 0 Å². The number of nitrogens with zero attached hydrogens (tertiary/aromatic N) is 2. The van der Waals surface area contributed by atoms with Crippen molar-refractivity contribution in [2.75, 3.05) is 5.32 Å². The van der Waals surface area contributed by atoms with E-state index in [9.17, 15) is 23.2 Å². The second kappa shape index (κ2) is 7.11. The lowest BCUT2D eigenvalue weighted by Crippen LogP contribution is -2.16. The highest BCUT2D eigenvalue weighted by Crippen LogP contribution is 2.38. The Labute approximate surface area is 167 Å². The van der Waals surface area contributed by atoms with Crippen molar-refractivity contribution >= 4 is 32.9 Å². The smallest absolute Gasteiger partial charge is 0.353 e. The third kappa shape index (κ3) is 3.48. The molecule has 1 N–H and O–H groups in total. The molecule has 0 aliphatic carbocycles. The second-order valence-electron chi connectivity index (χ2n) is 6.18. The highest BCUT2D eigenvalue weighted by atomic mass is 32.1. The van der Waals surface area contributed by atoms with E-state index >= 15 is 0 Å². The number of nitrogens with one attached hydrogen (secondary N) is 1. The molecule has 0 bridgehead atoms. The van der Waals surface area contributed by atoms with E-state index < -0.39 is 11.7 Å². The van der Waals surface area contributed by atoms with Gasteiger partial charge in [0, 0.05) is 17.1 Å². The minimum atomic E-state index is -4.47. The van der Waals surface area contributed by atoms with Crippen molar-refractivity contribution in [2.45, 2.75) is 6.18 Å². The SMILES string of the molecule is N#Cc1sc2c(ccc(=O)n2-c2ccccc2)c1Nc1cccc(C(F)(F)F)c1. The molecule has 4 rings (SSSR count). The van der Waals surface area contributed by atoms with Gasteiger partial charge in [-0.05, 0) is 36.4 Å². The molecule has 2 aromatic carbocycles. The minimum Gasteiger partial charge on any atom is -0.353 e. The lowest BCUT2D eigenvalue weighted by atomic mass is 10.2. The predicted molar refractivity (Wildman–Crippen MR) is 107 cm³/mol. The molecule has 0 saturated carbocycles. The van der Waals surface area contributed by atoms with Crippen molar-refractivity contribution in [1.29, 1.82) is 5.26 Å². The van der Waals surface area contributed by atoms with Crippen LogP contribution in [-0.4, -0.2) is 4.57 Å². The molecule has 8 heteroatoms. The van der Waals surface area contributed by atoms with Gasteiger partial charge in [-0.15, -0.1) is 11.3 Å². The summed E-state index contributed by atoms with van der Waals surface area (Å²) in [6.07, 6.45) is -4.47. The fraction of sp³-hybridized carbons (Fsp3) is 0.0476. The van der Waals surface area contributed by atoms with E-state index in [2.05, 4.69) is 11.4 Å². The number of thiophene rings is 1. The summed E-state index contributed by atoms with van der Waals surface area (Å²) in [7, 11) is 0. The predicted octanol–water partition coefficient (Wildman–Crippen LogP) is 5.69. The first-order valence-corrected chi connectivity index (χ1v) is 9.28. The number of anilines is 2. The maximum Gasteiger partial charge on any atom is 0.416 e. The van der Waals surface area contributed by atoms with Crippen LogP contribution in [0.15, 0.2) is 71.5 Å². The number of benzene rings is 2. The Balaban J connectivity index is 1.89. The number of para-hydroxylation sites is 1. The largest absolute Gasteiger partial charge is 0.416 e. The number of rotatable bonds is 3. The van der Waals surface area contributed by atoms with E-state index in [1.807, 2.05) is 6.07 Å². The molecule has 0 amide bonds. The van der Waals surface area contributed by atoms with Crippen LogP contribution in [0.4, 0.5) is 24.5 Å². The fourth-order valence-corrected chi connectivity index (χ4v) is 4.09. The third-order valence-corrected chi connectivity index (χ3v) is 5.41. The summed E-state index contributed by atoms with van der Waals surface area (Å²) in [5.74, 6) is 0. The maximum atomic E-state index is 13.0. The molecule has 4 aromatic rings. The molecular formula is C21H12F3N3OS. The van der Waals surface area contributed by atoms with Crippen molar-refractivity contribution in [2.24, 2.45) is 0 Å². The van der Waals surface area contributed by atoms with E-state index in [4.69, 9.17) is 0 Å². The standard InChI is InChI=1S/C21H12F3N3OS/c22-21(23,24)13-5-4-6-14(11-13)26-19-16-9-10-18(28)27(15-7-2-1-3-8-15)20(16)29-17(19)12-25/h1-11,26H. The number of pyridine rings is 1. The monoisotopic (exact) mass is 411 g/mol. The number of nitriles is 1. The van der Waals surface area contributed by atoms with E-state index in [-0.39, 0.29) is 16.1 Å². The zero-order valence-corrected chi connectivity index (χ0v) is 15.5. The van der Waals surface area contributed by atoms with Crippen LogP contribution in [0.25, 0.3) is 15.9 Å². The quantitative estimate of drug-likeness (QED) is 0.471. The van der Waals surface area contributed by atoms with Crippen LogP contribution >= 0.6 is 11.3 Å². The molecule has 0 fully saturated rings.